The van der Waals surface area contributed by atoms with E-state index in [1.165, 1.54) is 0 Å². The molecule has 0 heterocycles. The van der Waals surface area contributed by atoms with E-state index in [1.54, 1.807) is 5.48 Å². The van der Waals surface area contributed by atoms with Gasteiger partial charge in [-0.1, -0.05) is 0 Å². The molecule has 0 aromatic rings. The Kier molecular flexibility index (Phi) is 7.48. The van der Waals surface area contributed by atoms with Crippen LogP contribution in [0.25, 0.3) is 0 Å². The Morgan fingerprint density at radius 3 is 2.33 bits per heavy atom. The molecular weight excluding hydrogens is 267 g/mol. The minimum atomic E-state index is -4.33. The molecule has 0 aliphatic heterocycles. The van der Waals surface area contributed by atoms with Gasteiger partial charge < -0.3 is 31.4 Å². The third-order valence-electron chi connectivity index (χ3n) is 1.90. The Balaban J connectivity index is 3.97. The van der Waals surface area contributed by atoms with Gasteiger partial charge in [0.15, 0.2) is 0 Å². The van der Waals surface area contributed by atoms with Crippen molar-refractivity contribution in [2.24, 2.45) is 5.73 Å². The number of urea groups is 1. The van der Waals surface area contributed by atoms with Crippen molar-refractivity contribution in [1.82, 2.24) is 16.1 Å². The third kappa shape index (κ3) is 8.90. The van der Waals surface area contributed by atoms with Gasteiger partial charge >= 0.3 is 13.6 Å². The van der Waals surface area contributed by atoms with Crippen LogP contribution in [-0.2, 0) is 9.36 Å². The van der Waals surface area contributed by atoms with Gasteiger partial charge in [-0.3, -0.25) is 9.36 Å². The quantitative estimate of drug-likeness (QED) is 0.154. The van der Waals surface area contributed by atoms with Crippen LogP contribution < -0.4 is 21.8 Å². The molecule has 8 N–H and O–H groups in total. The Morgan fingerprint density at radius 2 is 1.89 bits per heavy atom. The summed E-state index contributed by atoms with van der Waals surface area (Å²) in [6.07, 6.45) is -0.294. The fraction of sp³-hybridized carbons (Fsp3) is 0.714. The van der Waals surface area contributed by atoms with Crippen LogP contribution >= 0.6 is 7.60 Å². The lowest BCUT2D eigenvalue weighted by Crippen LogP contribution is -2.43. The molecule has 106 valence electrons. The number of nitrogens with two attached hydrogens (primary N) is 1. The van der Waals surface area contributed by atoms with Crippen LogP contribution in [0.15, 0.2) is 0 Å². The minimum Gasteiger partial charge on any atom is -0.352 e. The van der Waals surface area contributed by atoms with Crippen LogP contribution in [0.4, 0.5) is 4.79 Å². The van der Waals surface area contributed by atoms with Crippen molar-refractivity contribution in [3.63, 3.8) is 0 Å². The van der Waals surface area contributed by atoms with E-state index in [2.05, 4.69) is 5.32 Å². The molecule has 0 radical (unpaired) electrons. The van der Waals surface area contributed by atoms with Crippen molar-refractivity contribution >= 4 is 19.5 Å². The third-order valence-corrected chi connectivity index (χ3v) is 2.47. The fourth-order valence-electron chi connectivity index (χ4n) is 1.08. The van der Waals surface area contributed by atoms with Crippen LogP contribution in [-0.4, -0.2) is 45.8 Å². The molecule has 0 rings (SSSR count). The molecule has 10 nitrogen and oxygen atoms in total. The van der Waals surface area contributed by atoms with Gasteiger partial charge in [0.2, 0.25) is 5.91 Å². The molecule has 0 saturated carbocycles. The maximum atomic E-state index is 11.4. The van der Waals surface area contributed by atoms with E-state index in [1.807, 2.05) is 5.32 Å². The summed E-state index contributed by atoms with van der Waals surface area (Å²) in [6.45, 7) is 0.222. The Hall–Kier alpha value is -1.19. The molecule has 0 saturated heterocycles. The second kappa shape index (κ2) is 8.01. The average molecular weight is 284 g/mol. The van der Waals surface area contributed by atoms with Gasteiger partial charge in [0, 0.05) is 6.54 Å². The van der Waals surface area contributed by atoms with Crippen molar-refractivity contribution < 1.29 is 29.1 Å². The molecule has 0 aromatic heterocycles. The predicted molar refractivity (Wildman–Crippen MR) is 60.6 cm³/mol. The standard InChI is InChI=1S/C7H17N4O6P/c8-7(13)9-3-1-2-5(11-14)6(12)10-4-18(15,16)17/h5,11,14H,1-4H2,(H,10,12)(H3,8,9,13)(H2,15,16,17)/t5-/m0/s1. The smallest absolute Gasteiger partial charge is 0.344 e. The summed E-state index contributed by atoms with van der Waals surface area (Å²) in [4.78, 5) is 38.8. The summed E-state index contributed by atoms with van der Waals surface area (Å²) in [5.41, 5.74) is 6.53. The molecule has 0 aliphatic carbocycles. The fourth-order valence-corrected chi connectivity index (χ4v) is 1.44. The van der Waals surface area contributed by atoms with Crippen molar-refractivity contribution in [3.05, 3.63) is 0 Å². The number of amides is 3. The van der Waals surface area contributed by atoms with Crippen molar-refractivity contribution in [3.8, 4) is 0 Å². The SMILES string of the molecule is NC(=O)NCCC[C@H](NO)C(=O)NCP(=O)(O)O. The lowest BCUT2D eigenvalue weighted by molar-refractivity contribution is -0.125. The summed E-state index contributed by atoms with van der Waals surface area (Å²) in [5, 5.41) is 13.0. The number of rotatable bonds is 8. The summed E-state index contributed by atoms with van der Waals surface area (Å²) >= 11 is 0. The number of primary amides is 1. The van der Waals surface area contributed by atoms with Crippen LogP contribution in [0.5, 0.6) is 0 Å². The molecule has 0 aromatic carbocycles. The maximum absolute atomic E-state index is 11.4. The van der Waals surface area contributed by atoms with Crippen LogP contribution in [0.3, 0.4) is 0 Å². The van der Waals surface area contributed by atoms with Crippen LogP contribution in [0, 0.1) is 0 Å². The van der Waals surface area contributed by atoms with Crippen LogP contribution in [0.2, 0.25) is 0 Å². The number of hydrogen-bond acceptors (Lipinski definition) is 5. The van der Waals surface area contributed by atoms with Gasteiger partial charge in [-0.05, 0) is 12.8 Å². The van der Waals surface area contributed by atoms with E-state index in [-0.39, 0.29) is 13.0 Å². The zero-order valence-corrected chi connectivity index (χ0v) is 10.4. The van der Waals surface area contributed by atoms with Gasteiger partial charge in [-0.25, -0.2) is 4.79 Å². The lowest BCUT2D eigenvalue weighted by Gasteiger charge is -2.15. The Morgan fingerprint density at radius 1 is 1.28 bits per heavy atom. The van der Waals surface area contributed by atoms with Gasteiger partial charge in [-0.2, -0.15) is 5.48 Å². The normalized spacial score (nSPS) is 12.8. The topological polar surface area (TPSA) is 174 Å². The highest BCUT2D eigenvalue weighted by molar-refractivity contribution is 7.51. The molecule has 3 amide bonds. The van der Waals surface area contributed by atoms with Gasteiger partial charge in [0.05, 0.1) is 0 Å². The van der Waals surface area contributed by atoms with Crippen molar-refractivity contribution in [2.75, 3.05) is 12.8 Å². The Bertz CT molecular complexity index is 332. The summed E-state index contributed by atoms with van der Waals surface area (Å²) in [5.74, 6) is -0.750. The van der Waals surface area contributed by atoms with Gasteiger partial charge in [0.25, 0.3) is 0 Å². The Labute approximate surface area is 103 Å². The van der Waals surface area contributed by atoms with Crippen molar-refractivity contribution in [1.29, 1.82) is 0 Å². The first-order valence-electron chi connectivity index (χ1n) is 5.01. The molecular formula is C7H17N4O6P. The molecule has 0 spiro atoms. The summed E-state index contributed by atoms with van der Waals surface area (Å²) in [6, 6.07) is -1.72. The van der Waals surface area contributed by atoms with E-state index < -0.39 is 31.9 Å². The van der Waals surface area contributed by atoms with E-state index >= 15 is 0 Å². The highest BCUT2D eigenvalue weighted by Gasteiger charge is 2.20. The zero-order chi connectivity index (χ0) is 14.2. The van der Waals surface area contributed by atoms with Gasteiger partial charge in [-0.15, -0.1) is 0 Å². The second-order valence-electron chi connectivity index (χ2n) is 3.48. The largest absolute Gasteiger partial charge is 0.352 e. The summed E-state index contributed by atoms with van der Waals surface area (Å²) in [7, 11) is -4.33. The number of hydrogen-bond donors (Lipinski definition) is 7. The molecule has 0 unspecified atom stereocenters. The minimum absolute atomic E-state index is 0.157. The van der Waals surface area contributed by atoms with E-state index in [0.717, 1.165) is 0 Å². The van der Waals surface area contributed by atoms with Crippen LogP contribution in [0.1, 0.15) is 12.8 Å². The second-order valence-corrected chi connectivity index (χ2v) is 5.12. The number of carbonyl (C=O) groups is 2. The first-order chi connectivity index (χ1) is 8.26. The maximum Gasteiger partial charge on any atom is 0.344 e. The first kappa shape index (κ1) is 16.8. The van der Waals surface area contributed by atoms with E-state index in [9.17, 15) is 14.2 Å². The first-order valence-corrected chi connectivity index (χ1v) is 6.81. The highest BCUT2D eigenvalue weighted by Crippen LogP contribution is 2.31. The molecule has 0 fully saturated rings. The molecule has 0 aliphatic rings. The van der Waals surface area contributed by atoms with E-state index in [4.69, 9.17) is 20.7 Å². The lowest BCUT2D eigenvalue weighted by atomic mass is 10.1. The zero-order valence-electron chi connectivity index (χ0n) is 9.50. The van der Waals surface area contributed by atoms with Crippen molar-refractivity contribution in [2.45, 2.75) is 18.9 Å². The highest BCUT2D eigenvalue weighted by atomic mass is 31.2. The number of nitrogens with one attached hydrogen (secondary N) is 3. The average Bonchev–Trinajstić information content (AvgIpc) is 2.24. The molecule has 0 bridgehead atoms. The number of hydroxylamine groups is 1. The molecule has 1 atom stereocenters. The summed E-state index contributed by atoms with van der Waals surface area (Å²) < 4.78 is 10.5. The molecule has 18 heavy (non-hydrogen) atoms. The van der Waals surface area contributed by atoms with Gasteiger partial charge in [0.1, 0.15) is 12.3 Å². The van der Waals surface area contributed by atoms with E-state index in [0.29, 0.717) is 6.42 Å². The predicted octanol–water partition coefficient (Wildman–Crippen LogP) is -1.97. The monoisotopic (exact) mass is 284 g/mol. The molecule has 11 heteroatoms. The number of carbonyl (C=O) groups excluding carboxylic acids is 2.